The smallest absolute Gasteiger partial charge is 0.260 e. The number of rotatable bonds is 6. The molecule has 2 saturated heterocycles. The number of aromatic hydroxyl groups is 1. The third-order valence-electron chi connectivity index (χ3n) is 10.0. The summed E-state index contributed by atoms with van der Waals surface area (Å²) in [4.78, 5) is 56.0. The maximum atomic E-state index is 15.2. The van der Waals surface area contributed by atoms with E-state index in [2.05, 4.69) is 26.7 Å². The number of hydrogen-bond acceptors (Lipinski definition) is 8. The Morgan fingerprint density at radius 2 is 1.72 bits per heavy atom. The Labute approximate surface area is 288 Å². The van der Waals surface area contributed by atoms with Gasteiger partial charge in [0, 0.05) is 21.0 Å². The lowest BCUT2D eigenvalue weighted by atomic mass is 9.49. The quantitative estimate of drug-likeness (QED) is 0.215. The molecule has 0 aromatic heterocycles. The average molecular weight is 741 g/mol. The Morgan fingerprint density at radius 3 is 2.40 bits per heavy atom. The van der Waals surface area contributed by atoms with Gasteiger partial charge in [0.25, 0.3) is 11.8 Å². The summed E-state index contributed by atoms with van der Waals surface area (Å²) < 4.78 is 11.5. The van der Waals surface area contributed by atoms with E-state index in [9.17, 15) is 19.5 Å². The van der Waals surface area contributed by atoms with Crippen LogP contribution in [0.4, 0.5) is 5.69 Å². The molecule has 0 radical (unpaired) electrons. The molecule has 3 fully saturated rings. The van der Waals surface area contributed by atoms with Crippen molar-refractivity contribution in [3.05, 3.63) is 91.9 Å². The number of methoxy groups -OCH3 is 2. The number of ether oxygens (including phenoxy) is 2. The standard InChI is InChI=1S/C34H28BrCl2N3O7/c1-46-18-6-3-15(4-7-18)34-23(32(44)40(33(34)45)39-25-10-5-17(36)13-24(25)37)14-21-19(8-9-20-27(21)31(43)38-30(20)42)28(34)22-11-16(35)12-26(47-2)29(22)41/h3-8,10-13,20-21,23,27-28,39,41H,9,14H2,1-2H3,(H,38,42,43)/t20-,21+,23-,27-,28+,34+/m0/s1. The zero-order valence-electron chi connectivity index (χ0n) is 25.1. The summed E-state index contributed by atoms with van der Waals surface area (Å²) in [6.07, 6.45) is 2.25. The highest BCUT2D eigenvalue weighted by molar-refractivity contribution is 9.10. The highest BCUT2D eigenvalue weighted by Crippen LogP contribution is 2.65. The van der Waals surface area contributed by atoms with E-state index >= 15 is 4.79 Å². The molecule has 2 aliphatic carbocycles. The number of halogens is 3. The van der Waals surface area contributed by atoms with E-state index in [0.29, 0.717) is 31.9 Å². The molecule has 0 bridgehead atoms. The van der Waals surface area contributed by atoms with Gasteiger partial charge in [-0.2, -0.15) is 5.01 Å². The van der Waals surface area contributed by atoms with Crippen LogP contribution in [0.1, 0.15) is 29.9 Å². The van der Waals surface area contributed by atoms with Crippen molar-refractivity contribution >= 4 is 68.4 Å². The second-order valence-electron chi connectivity index (χ2n) is 12.1. The summed E-state index contributed by atoms with van der Waals surface area (Å²) in [5.74, 6) is -5.34. The fourth-order valence-corrected chi connectivity index (χ4v) is 8.97. The first-order valence-corrected chi connectivity index (χ1v) is 16.4. The van der Waals surface area contributed by atoms with Gasteiger partial charge < -0.3 is 14.6 Å². The summed E-state index contributed by atoms with van der Waals surface area (Å²) in [5.41, 5.74) is 3.12. The minimum Gasteiger partial charge on any atom is -0.504 e. The Kier molecular flexibility index (Phi) is 7.76. The number of imide groups is 2. The molecule has 1 saturated carbocycles. The summed E-state index contributed by atoms with van der Waals surface area (Å²) in [6.45, 7) is 0. The summed E-state index contributed by atoms with van der Waals surface area (Å²) in [7, 11) is 2.95. The number of fused-ring (bicyclic) bond motifs is 4. The fraction of sp³-hybridized carbons (Fsp3) is 0.294. The van der Waals surface area contributed by atoms with Gasteiger partial charge in [-0.15, -0.1) is 0 Å². The molecular weight excluding hydrogens is 713 g/mol. The normalized spacial score (nSPS) is 27.9. The van der Waals surface area contributed by atoms with Crippen molar-refractivity contribution in [1.82, 2.24) is 10.3 Å². The van der Waals surface area contributed by atoms with Gasteiger partial charge in [0.1, 0.15) is 5.75 Å². The van der Waals surface area contributed by atoms with Crippen LogP contribution in [0.25, 0.3) is 0 Å². The second-order valence-corrected chi connectivity index (χ2v) is 13.9. The van der Waals surface area contributed by atoms with Crippen LogP contribution in [0.5, 0.6) is 17.2 Å². The molecule has 3 aromatic carbocycles. The minimum absolute atomic E-state index is 0.0965. The SMILES string of the molecule is COc1ccc([C@@]23C(=O)N(Nc4ccc(Cl)cc4Cl)C(=O)[C@@H]2C[C@@H]2C(=CC[C@@H]4C(=O)NC(=O)[C@@H]42)[C@@H]3c2cc(Br)cc(OC)c2O)cc1. The van der Waals surface area contributed by atoms with E-state index in [1.165, 1.54) is 20.3 Å². The molecule has 0 spiro atoms. The third kappa shape index (κ3) is 4.65. The van der Waals surface area contributed by atoms with Crippen molar-refractivity contribution in [2.24, 2.45) is 23.7 Å². The van der Waals surface area contributed by atoms with Crippen LogP contribution in [0.15, 0.2) is 70.7 Å². The van der Waals surface area contributed by atoms with E-state index < -0.39 is 52.7 Å². The molecular formula is C34H28BrCl2N3O7. The highest BCUT2D eigenvalue weighted by Gasteiger charge is 2.70. The summed E-state index contributed by atoms with van der Waals surface area (Å²) in [6, 6.07) is 14.8. The number of hydrogen-bond donors (Lipinski definition) is 3. The first-order chi connectivity index (χ1) is 22.5. The van der Waals surface area contributed by atoms with Crippen molar-refractivity contribution in [3.63, 3.8) is 0 Å². The second kappa shape index (κ2) is 11.6. The lowest BCUT2D eigenvalue weighted by molar-refractivity contribution is -0.138. The van der Waals surface area contributed by atoms with Crippen molar-refractivity contribution < 1.29 is 33.8 Å². The van der Waals surface area contributed by atoms with Crippen molar-refractivity contribution in [2.75, 3.05) is 19.6 Å². The molecule has 242 valence electrons. The number of carbonyl (C=O) groups excluding carboxylic acids is 4. The molecule has 7 rings (SSSR count). The van der Waals surface area contributed by atoms with Crippen LogP contribution in [0, 0.1) is 23.7 Å². The molecule has 6 atom stereocenters. The third-order valence-corrected chi connectivity index (χ3v) is 11.0. The number of nitrogens with one attached hydrogen (secondary N) is 2. The highest BCUT2D eigenvalue weighted by atomic mass is 79.9. The number of allylic oxidation sites excluding steroid dienone is 2. The van der Waals surface area contributed by atoms with E-state index in [4.69, 9.17) is 32.7 Å². The van der Waals surface area contributed by atoms with Crippen LogP contribution >= 0.6 is 39.1 Å². The first kappa shape index (κ1) is 31.5. The van der Waals surface area contributed by atoms with Crippen molar-refractivity contribution in [2.45, 2.75) is 24.2 Å². The molecule has 13 heteroatoms. The molecule has 3 aromatic rings. The monoisotopic (exact) mass is 739 g/mol. The van der Waals surface area contributed by atoms with Crippen LogP contribution < -0.4 is 20.2 Å². The van der Waals surface area contributed by atoms with Crippen LogP contribution in [0.3, 0.4) is 0 Å². The zero-order chi connectivity index (χ0) is 33.4. The van der Waals surface area contributed by atoms with E-state index in [-0.39, 0.29) is 41.0 Å². The number of carbonyl (C=O) groups is 4. The number of amides is 4. The Morgan fingerprint density at radius 1 is 0.979 bits per heavy atom. The zero-order valence-corrected chi connectivity index (χ0v) is 28.2. The van der Waals surface area contributed by atoms with Gasteiger partial charge in [-0.1, -0.05) is 62.9 Å². The lowest BCUT2D eigenvalue weighted by Crippen LogP contribution is -2.53. The van der Waals surface area contributed by atoms with Gasteiger partial charge in [0.15, 0.2) is 11.5 Å². The lowest BCUT2D eigenvalue weighted by Gasteiger charge is -2.50. The van der Waals surface area contributed by atoms with E-state index in [1.54, 1.807) is 48.5 Å². The van der Waals surface area contributed by atoms with Crippen molar-refractivity contribution in [3.8, 4) is 17.2 Å². The van der Waals surface area contributed by atoms with Gasteiger partial charge in [0.05, 0.1) is 48.1 Å². The molecule has 4 aliphatic rings. The minimum atomic E-state index is -1.62. The van der Waals surface area contributed by atoms with Gasteiger partial charge in [-0.25, -0.2) is 0 Å². The van der Waals surface area contributed by atoms with Gasteiger partial charge in [0.2, 0.25) is 11.8 Å². The summed E-state index contributed by atoms with van der Waals surface area (Å²) in [5, 5.41) is 15.7. The van der Waals surface area contributed by atoms with Crippen molar-refractivity contribution in [1.29, 1.82) is 0 Å². The molecule has 0 unspecified atom stereocenters. The van der Waals surface area contributed by atoms with Crippen LogP contribution in [-0.2, 0) is 24.6 Å². The number of phenolic OH excluding ortho intramolecular Hbond substituents is 1. The Balaban J connectivity index is 1.51. The Bertz CT molecular complexity index is 1900. The predicted molar refractivity (Wildman–Crippen MR) is 176 cm³/mol. The molecule has 4 amide bonds. The van der Waals surface area contributed by atoms with E-state index in [1.807, 2.05) is 6.08 Å². The number of benzene rings is 3. The molecule has 3 N–H and O–H groups in total. The van der Waals surface area contributed by atoms with Gasteiger partial charge in [-0.05, 0) is 66.8 Å². The molecule has 10 nitrogen and oxygen atoms in total. The maximum Gasteiger partial charge on any atom is 0.260 e. The summed E-state index contributed by atoms with van der Waals surface area (Å²) >= 11 is 16.1. The number of hydrazine groups is 1. The molecule has 47 heavy (non-hydrogen) atoms. The van der Waals surface area contributed by atoms with E-state index in [0.717, 1.165) is 5.01 Å². The maximum absolute atomic E-state index is 15.2. The molecule has 2 heterocycles. The number of phenols is 1. The predicted octanol–water partition coefficient (Wildman–Crippen LogP) is 5.75. The van der Waals surface area contributed by atoms with Gasteiger partial charge in [-0.3, -0.25) is 29.9 Å². The number of nitrogens with zero attached hydrogens (tertiary/aromatic N) is 1. The number of anilines is 1. The largest absolute Gasteiger partial charge is 0.504 e. The van der Waals surface area contributed by atoms with Crippen LogP contribution in [-0.4, -0.2) is 48.0 Å². The first-order valence-electron chi connectivity index (χ1n) is 14.9. The average Bonchev–Trinajstić information content (AvgIpc) is 3.47. The van der Waals surface area contributed by atoms with Crippen LogP contribution in [0.2, 0.25) is 10.0 Å². The Hall–Kier alpha value is -4.06. The topological polar surface area (TPSA) is 134 Å². The fourth-order valence-electron chi connectivity index (χ4n) is 8.07. The molecule has 2 aliphatic heterocycles. The van der Waals surface area contributed by atoms with Gasteiger partial charge >= 0.3 is 0 Å².